The highest BCUT2D eigenvalue weighted by Gasteiger charge is 2.56. The van der Waals surface area contributed by atoms with Crippen molar-refractivity contribution >= 4 is 48.8 Å². The van der Waals surface area contributed by atoms with E-state index in [1.54, 1.807) is 0 Å². The van der Waals surface area contributed by atoms with Gasteiger partial charge >= 0.3 is 11.9 Å². The zero-order valence-corrected chi connectivity index (χ0v) is 33.9. The van der Waals surface area contributed by atoms with Gasteiger partial charge in [-0.1, -0.05) is 190 Å². The molecule has 0 heterocycles. The van der Waals surface area contributed by atoms with Gasteiger partial charge in [-0.05, 0) is 43.7 Å². The van der Waals surface area contributed by atoms with Crippen molar-refractivity contribution in [2.75, 3.05) is 0 Å². The summed E-state index contributed by atoms with van der Waals surface area (Å²) in [5.41, 5.74) is -0.900. The minimum Gasteiger partial charge on any atom is -0.465 e. The fraction of sp³-hybridized carbons (Fsp3) is 0.409. The third-order valence-electron chi connectivity index (χ3n) is 10.5. The largest absolute Gasteiger partial charge is 0.465 e. The molecule has 5 nitrogen and oxygen atoms in total. The predicted molar refractivity (Wildman–Crippen MR) is 215 cm³/mol. The Hall–Kier alpha value is -3.79. The molecule has 4 rings (SSSR count). The van der Waals surface area contributed by atoms with Crippen LogP contribution in [0.3, 0.4) is 0 Å². The second-order valence-electron chi connectivity index (χ2n) is 15.8. The highest BCUT2D eigenvalue weighted by atomic mass is 28.3. The number of ether oxygens (including phenoxy) is 2. The molecule has 3 unspecified atom stereocenters. The van der Waals surface area contributed by atoms with Crippen LogP contribution in [0.4, 0.5) is 0 Å². The van der Waals surface area contributed by atoms with Gasteiger partial charge in [-0.2, -0.15) is 0 Å². The van der Waals surface area contributed by atoms with Crippen molar-refractivity contribution in [3.63, 3.8) is 0 Å². The number of aliphatic hydroxyl groups excluding tert-OH is 1. The number of rotatable bonds is 15. The Labute approximate surface area is 308 Å². The Balaban J connectivity index is 1.69. The number of hydrogen-bond acceptors (Lipinski definition) is 5. The summed E-state index contributed by atoms with van der Waals surface area (Å²) in [4.78, 5) is 27.9. The molecule has 4 aromatic rings. The Kier molecular flexibility index (Phi) is 13.5. The molecule has 3 atom stereocenters. The number of carbonyl (C=O) groups is 2. The molecule has 0 aliphatic rings. The standard InChI is InChI=1S/C44H58O5Si2/c1-9-23-40(50(43(3,4)5,34-25-15-11-16-26-34)35-27-17-12-18-28-35)48-39(46)33-38(45)42(47)49-41(24-10-2)51(44(6,7)8,36-29-19-13-20-30-36)37-31-21-14-22-32-37/h11-22,25-32,38,40-41,45H,9-10,23-24,33H2,1-8H3. The zero-order valence-electron chi connectivity index (χ0n) is 31.9. The highest BCUT2D eigenvalue weighted by molar-refractivity contribution is 7.05. The minimum absolute atomic E-state index is 0.240. The Morgan fingerprint density at radius 1 is 0.549 bits per heavy atom. The van der Waals surface area contributed by atoms with Gasteiger partial charge in [-0.3, -0.25) is 4.79 Å². The lowest BCUT2D eigenvalue weighted by atomic mass is 10.2. The van der Waals surface area contributed by atoms with Crippen LogP contribution >= 0.6 is 0 Å². The molecular formula is C44H58O5Si2. The topological polar surface area (TPSA) is 72.8 Å². The Morgan fingerprint density at radius 2 is 0.843 bits per heavy atom. The normalized spacial score (nSPS) is 14.3. The Morgan fingerprint density at radius 3 is 1.12 bits per heavy atom. The molecule has 0 fully saturated rings. The van der Waals surface area contributed by atoms with E-state index in [0.717, 1.165) is 23.2 Å². The predicted octanol–water partition coefficient (Wildman–Crippen LogP) is 7.37. The van der Waals surface area contributed by atoms with Crippen LogP contribution in [-0.2, 0) is 19.1 Å². The minimum atomic E-state index is -2.87. The summed E-state index contributed by atoms with van der Waals surface area (Å²) < 4.78 is 12.9. The van der Waals surface area contributed by atoms with Crippen LogP contribution in [-0.4, -0.2) is 50.8 Å². The van der Waals surface area contributed by atoms with E-state index in [-0.39, 0.29) is 10.1 Å². The average Bonchev–Trinajstić information content (AvgIpc) is 3.09. The molecule has 0 aromatic heterocycles. The van der Waals surface area contributed by atoms with Gasteiger partial charge in [0.05, 0.1) is 6.42 Å². The van der Waals surface area contributed by atoms with Crippen LogP contribution in [0.2, 0.25) is 10.1 Å². The quantitative estimate of drug-likeness (QED) is 0.103. The lowest BCUT2D eigenvalue weighted by molar-refractivity contribution is -0.162. The molecule has 51 heavy (non-hydrogen) atoms. The number of esters is 2. The fourth-order valence-electron chi connectivity index (χ4n) is 8.50. The molecular weight excluding hydrogens is 665 g/mol. The summed E-state index contributed by atoms with van der Waals surface area (Å²) in [6.07, 6.45) is 0.754. The first-order valence-corrected chi connectivity index (χ1v) is 22.7. The zero-order chi connectivity index (χ0) is 37.3. The van der Waals surface area contributed by atoms with E-state index < -0.39 is 52.1 Å². The van der Waals surface area contributed by atoms with Crippen LogP contribution in [0.25, 0.3) is 0 Å². The van der Waals surface area contributed by atoms with Gasteiger partial charge in [0.15, 0.2) is 22.3 Å². The summed E-state index contributed by atoms with van der Waals surface area (Å²) in [7, 11) is -5.70. The first-order chi connectivity index (χ1) is 24.2. The number of hydrogen-bond donors (Lipinski definition) is 1. The van der Waals surface area contributed by atoms with E-state index in [1.807, 2.05) is 48.5 Å². The van der Waals surface area contributed by atoms with E-state index in [0.29, 0.717) is 12.8 Å². The second-order valence-corrected chi connectivity index (χ2v) is 25.6. The van der Waals surface area contributed by atoms with Crippen molar-refractivity contribution in [1.82, 2.24) is 0 Å². The van der Waals surface area contributed by atoms with Gasteiger partial charge in [-0.25, -0.2) is 4.79 Å². The van der Waals surface area contributed by atoms with Crippen LogP contribution in [0.15, 0.2) is 121 Å². The molecule has 7 heteroatoms. The summed E-state index contributed by atoms with van der Waals surface area (Å²) in [6.45, 7) is 17.6. The van der Waals surface area contributed by atoms with Gasteiger partial charge in [0.2, 0.25) is 0 Å². The SMILES string of the molecule is CCCC(OC(=O)CC(O)C(=O)OC(CCC)[Si](c1ccccc1)(c1ccccc1)C(C)(C)C)[Si](c1ccccc1)(c1ccccc1)C(C)(C)C. The van der Waals surface area contributed by atoms with Gasteiger partial charge in [-0.15, -0.1) is 0 Å². The third kappa shape index (κ3) is 8.32. The second kappa shape index (κ2) is 17.2. The Bertz CT molecular complexity index is 1590. The highest BCUT2D eigenvalue weighted by Crippen LogP contribution is 2.42. The summed E-state index contributed by atoms with van der Waals surface area (Å²) in [6, 6.07) is 41.6. The molecule has 0 amide bonds. The smallest absolute Gasteiger partial charge is 0.335 e. The molecule has 0 aliphatic heterocycles. The van der Waals surface area contributed by atoms with Crippen LogP contribution in [0.5, 0.6) is 0 Å². The van der Waals surface area contributed by atoms with E-state index in [2.05, 4.69) is 128 Å². The maximum absolute atomic E-state index is 14.0. The van der Waals surface area contributed by atoms with Crippen molar-refractivity contribution in [2.45, 2.75) is 115 Å². The summed E-state index contributed by atoms with van der Waals surface area (Å²) >= 11 is 0. The molecule has 0 spiro atoms. The average molecular weight is 723 g/mol. The van der Waals surface area contributed by atoms with Crippen molar-refractivity contribution in [1.29, 1.82) is 0 Å². The molecule has 0 radical (unpaired) electrons. The first-order valence-electron chi connectivity index (χ1n) is 18.5. The molecule has 0 saturated carbocycles. The van der Waals surface area contributed by atoms with Crippen molar-refractivity contribution < 1.29 is 24.2 Å². The van der Waals surface area contributed by atoms with E-state index in [9.17, 15) is 14.7 Å². The number of benzene rings is 4. The molecule has 0 aliphatic carbocycles. The molecule has 272 valence electrons. The molecule has 1 N–H and O–H groups in total. The van der Waals surface area contributed by atoms with Crippen LogP contribution in [0, 0.1) is 0 Å². The lowest BCUT2D eigenvalue weighted by Crippen LogP contribution is -2.72. The number of aliphatic hydroxyl groups is 1. The summed E-state index contributed by atoms with van der Waals surface area (Å²) in [5.74, 6) is -1.38. The van der Waals surface area contributed by atoms with Crippen molar-refractivity contribution in [2.24, 2.45) is 0 Å². The summed E-state index contributed by atoms with van der Waals surface area (Å²) in [5, 5.41) is 15.6. The molecule has 0 bridgehead atoms. The van der Waals surface area contributed by atoms with Crippen molar-refractivity contribution in [3.05, 3.63) is 121 Å². The van der Waals surface area contributed by atoms with E-state index >= 15 is 0 Å². The van der Waals surface area contributed by atoms with Gasteiger partial charge < -0.3 is 14.6 Å². The number of carbonyl (C=O) groups excluding carboxylic acids is 2. The maximum atomic E-state index is 14.0. The van der Waals surface area contributed by atoms with Crippen molar-refractivity contribution in [3.8, 4) is 0 Å². The monoisotopic (exact) mass is 722 g/mol. The van der Waals surface area contributed by atoms with Gasteiger partial charge in [0, 0.05) is 0 Å². The lowest BCUT2D eigenvalue weighted by Gasteiger charge is -2.48. The van der Waals surface area contributed by atoms with Gasteiger partial charge in [0.1, 0.15) is 11.5 Å². The van der Waals surface area contributed by atoms with Crippen LogP contribution in [0.1, 0.15) is 87.5 Å². The van der Waals surface area contributed by atoms with E-state index in [4.69, 9.17) is 9.47 Å². The third-order valence-corrected chi connectivity index (χ3v) is 23.0. The molecule has 4 aromatic carbocycles. The van der Waals surface area contributed by atoms with E-state index in [1.165, 1.54) is 10.4 Å². The fourth-order valence-corrected chi connectivity index (χ4v) is 21.0. The van der Waals surface area contributed by atoms with Gasteiger partial charge in [0.25, 0.3) is 0 Å². The maximum Gasteiger partial charge on any atom is 0.335 e. The first kappa shape index (κ1) is 40.0. The molecule has 0 saturated heterocycles. The van der Waals surface area contributed by atoms with Crippen LogP contribution < -0.4 is 20.7 Å².